The van der Waals surface area contributed by atoms with Crippen molar-refractivity contribution < 1.29 is 4.79 Å². The van der Waals surface area contributed by atoms with Gasteiger partial charge in [-0.25, -0.2) is 0 Å². The van der Waals surface area contributed by atoms with E-state index in [1.54, 1.807) is 0 Å². The van der Waals surface area contributed by atoms with Crippen LogP contribution < -0.4 is 5.56 Å². The number of H-pyrrole nitrogens is 1. The van der Waals surface area contributed by atoms with Crippen LogP contribution in [0, 0.1) is 32.6 Å². The fraction of sp³-hybridized carbons (Fsp3) is 0.643. The molecule has 0 unspecified atom stereocenters. The van der Waals surface area contributed by atoms with Crippen LogP contribution in [0.25, 0.3) is 0 Å². The fourth-order valence-electron chi connectivity index (χ4n) is 5.96. The molecule has 34 heavy (non-hydrogen) atoms. The molecule has 0 saturated carbocycles. The number of carbonyl (C=O) groups excluding carboxylic acids is 1. The summed E-state index contributed by atoms with van der Waals surface area (Å²) in [5.41, 5.74) is 4.55. The van der Waals surface area contributed by atoms with Gasteiger partial charge in [-0.15, -0.1) is 11.3 Å². The predicted octanol–water partition coefficient (Wildman–Crippen LogP) is 5.42. The topological polar surface area (TPSA) is 56.4 Å². The van der Waals surface area contributed by atoms with Crippen molar-refractivity contribution in [1.82, 2.24) is 14.8 Å². The van der Waals surface area contributed by atoms with Crippen molar-refractivity contribution >= 4 is 17.2 Å². The molecular weight excluding hydrogens is 442 g/mol. The zero-order chi connectivity index (χ0) is 24.6. The van der Waals surface area contributed by atoms with Gasteiger partial charge in [-0.3, -0.25) is 9.59 Å². The molecular formula is C28H41N3O2S. The Labute approximate surface area is 208 Å². The third kappa shape index (κ3) is 5.18. The van der Waals surface area contributed by atoms with Crippen molar-refractivity contribution in [2.75, 3.05) is 26.2 Å². The summed E-state index contributed by atoms with van der Waals surface area (Å²) in [6.07, 6.45) is 4.38. The summed E-state index contributed by atoms with van der Waals surface area (Å²) >= 11 is 1.88. The van der Waals surface area contributed by atoms with E-state index in [0.29, 0.717) is 30.5 Å². The van der Waals surface area contributed by atoms with E-state index in [9.17, 15) is 9.59 Å². The number of likely N-dealkylation sites (tertiary alicyclic amines) is 1. The quantitative estimate of drug-likeness (QED) is 0.597. The van der Waals surface area contributed by atoms with Gasteiger partial charge in [-0.05, 0) is 94.5 Å². The minimum absolute atomic E-state index is 0.0741. The SMILES string of the molecule is Cc1cc(C)c(CN2CCCc3sc([C@H](C)C4CCN(CC(C)C)CC4)c(C)c3C2=O)c(=O)[nH]1. The van der Waals surface area contributed by atoms with Crippen molar-refractivity contribution in [3.05, 3.63) is 54.1 Å². The second-order valence-corrected chi connectivity index (χ2v) is 12.1. The third-order valence-corrected chi connectivity index (χ3v) is 9.36. The summed E-state index contributed by atoms with van der Waals surface area (Å²) < 4.78 is 0. The minimum atomic E-state index is -0.0741. The number of piperidine rings is 1. The lowest BCUT2D eigenvalue weighted by Crippen LogP contribution is -2.37. The summed E-state index contributed by atoms with van der Waals surface area (Å²) in [5.74, 6) is 1.99. The van der Waals surface area contributed by atoms with Crippen molar-refractivity contribution in [2.24, 2.45) is 11.8 Å². The number of nitrogens with zero attached hydrogens (tertiary/aromatic N) is 2. The predicted molar refractivity (Wildman–Crippen MR) is 141 cm³/mol. The number of rotatable bonds is 6. The zero-order valence-corrected chi connectivity index (χ0v) is 22.6. The van der Waals surface area contributed by atoms with E-state index in [-0.39, 0.29) is 11.5 Å². The molecule has 1 atom stereocenters. The van der Waals surface area contributed by atoms with Gasteiger partial charge in [-0.2, -0.15) is 0 Å². The molecule has 0 spiro atoms. The highest BCUT2D eigenvalue weighted by Crippen LogP contribution is 2.42. The maximum absolute atomic E-state index is 13.7. The monoisotopic (exact) mass is 483 g/mol. The van der Waals surface area contributed by atoms with E-state index in [1.807, 2.05) is 36.2 Å². The molecule has 0 radical (unpaired) electrons. The van der Waals surface area contributed by atoms with E-state index in [2.05, 4.69) is 37.6 Å². The molecule has 4 rings (SSSR count). The molecule has 2 aromatic heterocycles. The van der Waals surface area contributed by atoms with E-state index >= 15 is 0 Å². The summed E-state index contributed by atoms with van der Waals surface area (Å²) in [5, 5.41) is 0. The van der Waals surface area contributed by atoms with Crippen LogP contribution in [0.15, 0.2) is 10.9 Å². The van der Waals surface area contributed by atoms with Gasteiger partial charge in [0.15, 0.2) is 0 Å². The zero-order valence-electron chi connectivity index (χ0n) is 21.8. The first kappa shape index (κ1) is 25.2. The van der Waals surface area contributed by atoms with Crippen LogP contribution in [-0.2, 0) is 13.0 Å². The Morgan fingerprint density at radius 2 is 1.79 bits per heavy atom. The summed E-state index contributed by atoms with van der Waals surface area (Å²) in [4.78, 5) is 36.4. The van der Waals surface area contributed by atoms with Gasteiger partial charge in [-0.1, -0.05) is 20.8 Å². The molecule has 0 aliphatic carbocycles. The number of pyridine rings is 1. The van der Waals surface area contributed by atoms with Gasteiger partial charge < -0.3 is 14.8 Å². The highest BCUT2D eigenvalue weighted by Gasteiger charge is 2.33. The van der Waals surface area contributed by atoms with Crippen LogP contribution in [0.2, 0.25) is 0 Å². The molecule has 5 nitrogen and oxygen atoms in total. The molecule has 2 aliphatic heterocycles. The average molecular weight is 484 g/mol. The molecule has 2 aliphatic rings. The van der Waals surface area contributed by atoms with E-state index in [1.165, 1.54) is 47.8 Å². The molecule has 186 valence electrons. The second kappa shape index (κ2) is 10.4. The smallest absolute Gasteiger partial charge is 0.255 e. The average Bonchev–Trinajstić information content (AvgIpc) is 3.01. The van der Waals surface area contributed by atoms with Crippen LogP contribution in [0.1, 0.15) is 88.4 Å². The normalized spacial score (nSPS) is 18.9. The molecule has 1 amide bonds. The van der Waals surface area contributed by atoms with Crippen molar-refractivity contribution in [3.63, 3.8) is 0 Å². The summed E-state index contributed by atoms with van der Waals surface area (Å²) in [6, 6.07) is 1.99. The van der Waals surface area contributed by atoms with Crippen LogP contribution in [0.4, 0.5) is 0 Å². The van der Waals surface area contributed by atoms with Crippen LogP contribution >= 0.6 is 11.3 Å². The first-order valence-corrected chi connectivity index (χ1v) is 13.8. The molecule has 2 aromatic rings. The molecule has 6 heteroatoms. The lowest BCUT2D eigenvalue weighted by molar-refractivity contribution is 0.0747. The van der Waals surface area contributed by atoms with Crippen LogP contribution in [0.3, 0.4) is 0 Å². The van der Waals surface area contributed by atoms with Crippen molar-refractivity contribution in [1.29, 1.82) is 0 Å². The number of hydrogen-bond donors (Lipinski definition) is 1. The Morgan fingerprint density at radius 3 is 2.44 bits per heavy atom. The van der Waals surface area contributed by atoms with Crippen LogP contribution in [0.5, 0.6) is 0 Å². The largest absolute Gasteiger partial charge is 0.334 e. The molecule has 1 saturated heterocycles. The highest BCUT2D eigenvalue weighted by atomic mass is 32.1. The number of amides is 1. The lowest BCUT2D eigenvalue weighted by Gasteiger charge is -2.35. The number of nitrogens with one attached hydrogen (secondary N) is 1. The van der Waals surface area contributed by atoms with Gasteiger partial charge in [0.1, 0.15) is 0 Å². The Balaban J connectivity index is 1.53. The van der Waals surface area contributed by atoms with Crippen molar-refractivity contribution in [2.45, 2.75) is 79.7 Å². The standard InChI is InChI=1S/C28H41N3O2S/c1-17(2)15-30-12-9-22(10-13-30)20(5)26-21(6)25-24(34-26)8-7-11-31(28(25)33)16-23-18(3)14-19(4)29-27(23)32/h14,17,20,22H,7-13,15-16H2,1-6H3,(H,29,32)/t20-/m1/s1. The molecule has 0 aromatic carbocycles. The third-order valence-electron chi connectivity index (χ3n) is 7.81. The maximum Gasteiger partial charge on any atom is 0.255 e. The highest BCUT2D eigenvalue weighted by molar-refractivity contribution is 7.12. The van der Waals surface area contributed by atoms with Crippen LogP contribution in [-0.4, -0.2) is 46.9 Å². The van der Waals surface area contributed by atoms with E-state index < -0.39 is 0 Å². The van der Waals surface area contributed by atoms with Gasteiger partial charge in [0.05, 0.1) is 12.1 Å². The Kier molecular flexibility index (Phi) is 7.68. The minimum Gasteiger partial charge on any atom is -0.334 e. The number of thiophene rings is 1. The number of carbonyl (C=O) groups is 1. The Bertz CT molecular complexity index is 1090. The Hall–Kier alpha value is -1.92. The number of hydrogen-bond acceptors (Lipinski definition) is 4. The molecule has 1 fully saturated rings. The van der Waals surface area contributed by atoms with Crippen molar-refractivity contribution in [3.8, 4) is 0 Å². The number of aryl methyl sites for hydroxylation is 3. The van der Waals surface area contributed by atoms with Gasteiger partial charge >= 0.3 is 0 Å². The first-order chi connectivity index (χ1) is 16.2. The number of aromatic amines is 1. The van der Waals surface area contributed by atoms with E-state index in [0.717, 1.165) is 35.6 Å². The number of aromatic nitrogens is 1. The first-order valence-electron chi connectivity index (χ1n) is 13.0. The van der Waals surface area contributed by atoms with Gasteiger partial charge in [0, 0.05) is 34.1 Å². The van der Waals surface area contributed by atoms with Gasteiger partial charge in [0.2, 0.25) is 0 Å². The molecule has 4 heterocycles. The van der Waals surface area contributed by atoms with E-state index in [4.69, 9.17) is 0 Å². The fourth-order valence-corrected chi connectivity index (χ4v) is 7.45. The Morgan fingerprint density at radius 1 is 1.09 bits per heavy atom. The summed E-state index contributed by atoms with van der Waals surface area (Å²) in [6.45, 7) is 17.6. The molecule has 1 N–H and O–H groups in total. The van der Waals surface area contributed by atoms with Gasteiger partial charge in [0.25, 0.3) is 11.5 Å². The number of fused-ring (bicyclic) bond motifs is 1. The lowest BCUT2D eigenvalue weighted by atomic mass is 9.83. The molecule has 0 bridgehead atoms. The summed E-state index contributed by atoms with van der Waals surface area (Å²) in [7, 11) is 0. The second-order valence-electron chi connectivity index (χ2n) is 11.0. The maximum atomic E-state index is 13.7.